The van der Waals surface area contributed by atoms with Gasteiger partial charge in [0, 0.05) is 0 Å². The van der Waals surface area contributed by atoms with E-state index >= 15 is 0 Å². The lowest BCUT2D eigenvalue weighted by Gasteiger charge is -2.26. The van der Waals surface area contributed by atoms with Gasteiger partial charge in [0.05, 0.1) is 0 Å². The van der Waals surface area contributed by atoms with Gasteiger partial charge in [-0.25, -0.2) is 0 Å². The van der Waals surface area contributed by atoms with Crippen molar-refractivity contribution < 1.29 is 0 Å². The molecular formula is C12H25NS. The number of hydrogen-bond acceptors (Lipinski definition) is 2. The maximum absolute atomic E-state index is 3.59. The first-order chi connectivity index (χ1) is 6.83. The largest absolute Gasteiger partial charge is 0.316 e. The van der Waals surface area contributed by atoms with E-state index in [4.69, 9.17) is 0 Å². The summed E-state index contributed by atoms with van der Waals surface area (Å²) < 4.78 is 0. The predicted molar refractivity (Wildman–Crippen MR) is 67.0 cm³/mol. The Morgan fingerprint density at radius 1 is 1.21 bits per heavy atom. The number of rotatable bonds is 6. The summed E-state index contributed by atoms with van der Waals surface area (Å²) in [5.74, 6) is 3.26. The quantitative estimate of drug-likeness (QED) is 0.683. The number of nitrogens with one attached hydrogen (secondary N) is 1. The molecule has 14 heavy (non-hydrogen) atoms. The van der Waals surface area contributed by atoms with E-state index in [0.29, 0.717) is 0 Å². The van der Waals surface area contributed by atoms with Crippen molar-refractivity contribution in [2.24, 2.45) is 11.8 Å². The second-order valence-corrected chi connectivity index (χ2v) is 5.66. The van der Waals surface area contributed by atoms with Crippen molar-refractivity contribution in [3.63, 3.8) is 0 Å². The molecule has 0 saturated heterocycles. The van der Waals surface area contributed by atoms with E-state index in [1.54, 1.807) is 0 Å². The molecule has 1 aliphatic carbocycles. The van der Waals surface area contributed by atoms with Gasteiger partial charge in [0.2, 0.25) is 0 Å². The topological polar surface area (TPSA) is 12.0 Å². The van der Waals surface area contributed by atoms with Crippen molar-refractivity contribution in [1.29, 1.82) is 0 Å². The van der Waals surface area contributed by atoms with Crippen LogP contribution in [-0.4, -0.2) is 25.1 Å². The highest BCUT2D eigenvalue weighted by molar-refractivity contribution is 7.98. The first-order valence-electron chi connectivity index (χ1n) is 6.02. The van der Waals surface area contributed by atoms with E-state index in [9.17, 15) is 0 Å². The third-order valence-electron chi connectivity index (χ3n) is 3.27. The molecule has 2 heteroatoms. The lowest BCUT2D eigenvalue weighted by Crippen LogP contribution is -2.27. The molecule has 0 aromatic rings. The normalized spacial score (nSPS) is 27.9. The zero-order chi connectivity index (χ0) is 10.2. The Hall–Kier alpha value is 0.310. The van der Waals surface area contributed by atoms with Gasteiger partial charge in [-0.05, 0) is 56.2 Å². The van der Waals surface area contributed by atoms with Crippen LogP contribution in [0.15, 0.2) is 0 Å². The molecule has 0 amide bonds. The van der Waals surface area contributed by atoms with Crippen molar-refractivity contribution >= 4 is 11.8 Å². The fourth-order valence-corrected chi connectivity index (χ4v) is 2.61. The minimum Gasteiger partial charge on any atom is -0.316 e. The van der Waals surface area contributed by atoms with E-state index in [0.717, 1.165) is 11.8 Å². The van der Waals surface area contributed by atoms with Crippen LogP contribution in [0.4, 0.5) is 0 Å². The summed E-state index contributed by atoms with van der Waals surface area (Å²) in [6, 6.07) is 0. The van der Waals surface area contributed by atoms with Gasteiger partial charge in [-0.3, -0.25) is 0 Å². The van der Waals surface area contributed by atoms with Crippen LogP contribution in [0, 0.1) is 11.8 Å². The Labute approximate surface area is 93.4 Å². The Bertz CT molecular complexity index is 130. The SMILES string of the molecule is CSCCCNCC1CCC(C)CC1. The van der Waals surface area contributed by atoms with Crippen molar-refractivity contribution in [1.82, 2.24) is 5.32 Å². The van der Waals surface area contributed by atoms with Gasteiger partial charge in [-0.2, -0.15) is 11.8 Å². The molecule has 1 fully saturated rings. The molecule has 0 unspecified atom stereocenters. The van der Waals surface area contributed by atoms with E-state index in [-0.39, 0.29) is 0 Å². The van der Waals surface area contributed by atoms with E-state index in [1.165, 1.54) is 50.9 Å². The van der Waals surface area contributed by atoms with Crippen LogP contribution in [0.5, 0.6) is 0 Å². The van der Waals surface area contributed by atoms with Gasteiger partial charge in [0.15, 0.2) is 0 Å². The fourth-order valence-electron chi connectivity index (χ4n) is 2.18. The summed E-state index contributed by atoms with van der Waals surface area (Å²) >= 11 is 1.95. The standard InChI is InChI=1S/C12H25NS/c1-11-4-6-12(7-5-11)10-13-8-3-9-14-2/h11-13H,3-10H2,1-2H3. The highest BCUT2D eigenvalue weighted by atomic mass is 32.2. The predicted octanol–water partition coefficient (Wildman–Crippen LogP) is 3.16. The Morgan fingerprint density at radius 2 is 1.93 bits per heavy atom. The van der Waals surface area contributed by atoms with Crippen LogP contribution in [0.3, 0.4) is 0 Å². The minimum absolute atomic E-state index is 0.973. The monoisotopic (exact) mass is 215 g/mol. The summed E-state index contributed by atoms with van der Waals surface area (Å²) in [6.45, 7) is 4.87. The zero-order valence-corrected chi connectivity index (χ0v) is 10.5. The van der Waals surface area contributed by atoms with E-state index in [2.05, 4.69) is 18.5 Å². The summed E-state index contributed by atoms with van der Waals surface area (Å²) in [5.41, 5.74) is 0. The fraction of sp³-hybridized carbons (Fsp3) is 1.00. The van der Waals surface area contributed by atoms with Gasteiger partial charge in [-0.15, -0.1) is 0 Å². The average molecular weight is 215 g/mol. The summed E-state index contributed by atoms with van der Waals surface area (Å²) in [6.07, 6.45) is 9.33. The summed E-state index contributed by atoms with van der Waals surface area (Å²) in [4.78, 5) is 0. The molecule has 1 nitrogen and oxygen atoms in total. The van der Waals surface area contributed by atoms with Crippen LogP contribution in [-0.2, 0) is 0 Å². The van der Waals surface area contributed by atoms with Crippen molar-refractivity contribution in [2.75, 3.05) is 25.1 Å². The van der Waals surface area contributed by atoms with Gasteiger partial charge in [-0.1, -0.05) is 19.8 Å². The molecule has 1 N–H and O–H groups in total. The molecule has 1 aliphatic rings. The second-order valence-electron chi connectivity index (χ2n) is 4.68. The lowest BCUT2D eigenvalue weighted by atomic mass is 9.83. The number of thioether (sulfide) groups is 1. The molecular weight excluding hydrogens is 190 g/mol. The summed E-state index contributed by atoms with van der Waals surface area (Å²) in [5, 5.41) is 3.59. The maximum atomic E-state index is 3.59. The molecule has 0 aromatic heterocycles. The minimum atomic E-state index is 0.973. The Morgan fingerprint density at radius 3 is 2.57 bits per heavy atom. The zero-order valence-electron chi connectivity index (χ0n) is 9.72. The van der Waals surface area contributed by atoms with E-state index < -0.39 is 0 Å². The van der Waals surface area contributed by atoms with Crippen LogP contribution in [0.1, 0.15) is 39.0 Å². The molecule has 84 valence electrons. The van der Waals surface area contributed by atoms with E-state index in [1.807, 2.05) is 11.8 Å². The van der Waals surface area contributed by atoms with Gasteiger partial charge in [0.1, 0.15) is 0 Å². The molecule has 1 rings (SSSR count). The molecule has 0 bridgehead atoms. The molecule has 0 spiro atoms. The Kier molecular flexibility index (Phi) is 6.70. The molecule has 0 radical (unpaired) electrons. The first-order valence-corrected chi connectivity index (χ1v) is 7.42. The molecule has 1 saturated carbocycles. The highest BCUT2D eigenvalue weighted by Gasteiger charge is 2.17. The first kappa shape index (κ1) is 12.4. The van der Waals surface area contributed by atoms with Gasteiger partial charge < -0.3 is 5.32 Å². The van der Waals surface area contributed by atoms with Crippen molar-refractivity contribution in [2.45, 2.75) is 39.0 Å². The highest BCUT2D eigenvalue weighted by Crippen LogP contribution is 2.27. The Balaban J connectivity index is 1.91. The molecule has 0 atom stereocenters. The van der Waals surface area contributed by atoms with Crippen LogP contribution in [0.25, 0.3) is 0 Å². The maximum Gasteiger partial charge on any atom is -0.00205 e. The summed E-state index contributed by atoms with van der Waals surface area (Å²) in [7, 11) is 0. The third-order valence-corrected chi connectivity index (χ3v) is 3.97. The van der Waals surface area contributed by atoms with Gasteiger partial charge in [0.25, 0.3) is 0 Å². The molecule has 0 heterocycles. The average Bonchev–Trinajstić information content (AvgIpc) is 2.21. The molecule has 0 aliphatic heterocycles. The van der Waals surface area contributed by atoms with Crippen LogP contribution < -0.4 is 5.32 Å². The van der Waals surface area contributed by atoms with Crippen molar-refractivity contribution in [3.8, 4) is 0 Å². The lowest BCUT2D eigenvalue weighted by molar-refractivity contribution is 0.282. The molecule has 0 aromatic carbocycles. The van der Waals surface area contributed by atoms with Gasteiger partial charge >= 0.3 is 0 Å². The smallest absolute Gasteiger partial charge is 0.00205 e. The van der Waals surface area contributed by atoms with Crippen LogP contribution >= 0.6 is 11.8 Å². The van der Waals surface area contributed by atoms with Crippen molar-refractivity contribution in [3.05, 3.63) is 0 Å². The second kappa shape index (κ2) is 7.58. The third kappa shape index (κ3) is 5.26. The van der Waals surface area contributed by atoms with Crippen LogP contribution in [0.2, 0.25) is 0 Å². The number of hydrogen-bond donors (Lipinski definition) is 1.